The van der Waals surface area contributed by atoms with Gasteiger partial charge in [0.1, 0.15) is 11.9 Å². The highest BCUT2D eigenvalue weighted by Crippen LogP contribution is 2.26. The molecule has 0 spiro atoms. The molecule has 0 radical (unpaired) electrons. The maximum atomic E-state index is 11.0. The van der Waals surface area contributed by atoms with Crippen LogP contribution in [-0.2, 0) is 4.79 Å². The van der Waals surface area contributed by atoms with E-state index in [9.17, 15) is 9.90 Å². The predicted octanol–water partition coefficient (Wildman–Crippen LogP) is 3.66. The summed E-state index contributed by atoms with van der Waals surface area (Å²) in [6.45, 7) is 2.96. The van der Waals surface area contributed by atoms with Gasteiger partial charge >= 0.3 is 5.97 Å². The van der Waals surface area contributed by atoms with Crippen molar-refractivity contribution in [3.8, 4) is 5.75 Å². The Labute approximate surface area is 133 Å². The molecule has 0 aromatic heterocycles. The Morgan fingerprint density at radius 2 is 1.50 bits per heavy atom. The molecule has 0 heterocycles. The van der Waals surface area contributed by atoms with Crippen molar-refractivity contribution in [3.05, 3.63) is 64.7 Å². The number of halogens is 1. The van der Waals surface area contributed by atoms with E-state index in [0.717, 1.165) is 5.56 Å². The fourth-order valence-corrected chi connectivity index (χ4v) is 2.02. The van der Waals surface area contributed by atoms with Crippen LogP contribution in [0.15, 0.2) is 48.5 Å². The van der Waals surface area contributed by atoms with Gasteiger partial charge in [-0.3, -0.25) is 0 Å². The van der Waals surface area contributed by atoms with Gasteiger partial charge < -0.3 is 14.9 Å². The van der Waals surface area contributed by atoms with Gasteiger partial charge in [0, 0.05) is 5.02 Å². The molecule has 0 bridgehead atoms. The van der Waals surface area contributed by atoms with Gasteiger partial charge in [-0.05, 0) is 49.2 Å². The van der Waals surface area contributed by atoms with E-state index >= 15 is 0 Å². The molecule has 0 fully saturated rings. The Morgan fingerprint density at radius 3 is 1.95 bits per heavy atom. The van der Waals surface area contributed by atoms with Gasteiger partial charge in [-0.15, -0.1) is 0 Å². The third-order valence-corrected chi connectivity index (χ3v) is 3.52. The maximum Gasteiger partial charge on any atom is 0.347 e. The van der Waals surface area contributed by atoms with Crippen LogP contribution in [0.3, 0.4) is 0 Å². The Bertz CT molecular complexity index is 647. The zero-order chi connectivity index (χ0) is 16.3. The van der Waals surface area contributed by atoms with Crippen molar-refractivity contribution < 1.29 is 19.7 Å². The number of ether oxygens (including phenoxy) is 1. The van der Waals surface area contributed by atoms with Crippen LogP contribution in [0, 0.1) is 0 Å². The van der Waals surface area contributed by atoms with E-state index in [1.165, 1.54) is 13.8 Å². The van der Waals surface area contributed by atoms with Gasteiger partial charge in [0.25, 0.3) is 0 Å². The van der Waals surface area contributed by atoms with Gasteiger partial charge in [0.05, 0.1) is 0 Å². The Hall–Kier alpha value is -2.04. The summed E-state index contributed by atoms with van der Waals surface area (Å²) in [7, 11) is 0. The quantitative estimate of drug-likeness (QED) is 0.882. The molecule has 0 amide bonds. The Kier molecular flexibility index (Phi) is 4.74. The topological polar surface area (TPSA) is 66.8 Å². The summed E-state index contributed by atoms with van der Waals surface area (Å²) in [5, 5.41) is 20.0. The summed E-state index contributed by atoms with van der Waals surface area (Å²) < 4.78 is 5.42. The number of aliphatic carboxylic acids is 1. The Balaban J connectivity index is 2.15. The first-order valence-electron chi connectivity index (χ1n) is 6.75. The first kappa shape index (κ1) is 16.3. The van der Waals surface area contributed by atoms with Gasteiger partial charge in [-0.1, -0.05) is 35.9 Å². The van der Waals surface area contributed by atoms with Gasteiger partial charge in [0.2, 0.25) is 0 Å². The SMILES string of the molecule is CC(C)(Oc1ccc([C@@H](O)c2ccc(Cl)cc2)cc1)C(=O)O. The highest BCUT2D eigenvalue weighted by Gasteiger charge is 2.29. The van der Waals surface area contributed by atoms with Crippen molar-refractivity contribution in [2.24, 2.45) is 0 Å². The first-order chi connectivity index (χ1) is 10.3. The van der Waals surface area contributed by atoms with Crippen LogP contribution in [0.4, 0.5) is 0 Å². The molecular weight excluding hydrogens is 304 g/mol. The Morgan fingerprint density at radius 1 is 1.05 bits per heavy atom. The average Bonchev–Trinajstić information content (AvgIpc) is 2.47. The second-order valence-electron chi connectivity index (χ2n) is 5.44. The minimum Gasteiger partial charge on any atom is -0.478 e. The minimum absolute atomic E-state index is 0.430. The molecule has 116 valence electrons. The summed E-state index contributed by atoms with van der Waals surface area (Å²) in [5.74, 6) is -0.614. The van der Waals surface area contributed by atoms with Crippen molar-refractivity contribution in [2.75, 3.05) is 0 Å². The lowest BCUT2D eigenvalue weighted by Crippen LogP contribution is -2.37. The normalized spacial score (nSPS) is 12.7. The van der Waals surface area contributed by atoms with E-state index < -0.39 is 17.7 Å². The van der Waals surface area contributed by atoms with Gasteiger partial charge in [-0.25, -0.2) is 4.79 Å². The van der Waals surface area contributed by atoms with Crippen LogP contribution in [0.2, 0.25) is 5.02 Å². The number of hydrogen-bond acceptors (Lipinski definition) is 3. The fraction of sp³-hybridized carbons (Fsp3) is 0.235. The molecule has 0 aliphatic heterocycles. The van der Waals surface area contributed by atoms with E-state index in [0.29, 0.717) is 16.3 Å². The molecule has 0 unspecified atom stereocenters. The summed E-state index contributed by atoms with van der Waals surface area (Å²) in [6, 6.07) is 13.6. The zero-order valence-electron chi connectivity index (χ0n) is 12.3. The number of aliphatic hydroxyl groups is 1. The van der Waals surface area contributed by atoms with Gasteiger partial charge in [-0.2, -0.15) is 0 Å². The number of carbonyl (C=O) groups is 1. The molecule has 5 heteroatoms. The lowest BCUT2D eigenvalue weighted by molar-refractivity contribution is -0.152. The summed E-state index contributed by atoms with van der Waals surface area (Å²) in [6.07, 6.45) is -0.779. The lowest BCUT2D eigenvalue weighted by Gasteiger charge is -2.21. The van der Waals surface area contributed by atoms with Crippen molar-refractivity contribution in [2.45, 2.75) is 25.6 Å². The standard InChI is InChI=1S/C17H17ClO4/c1-17(2,16(20)21)22-14-9-5-12(6-10-14)15(19)11-3-7-13(18)8-4-11/h3-10,15,19H,1-2H3,(H,20,21)/t15-/m0/s1. The monoisotopic (exact) mass is 320 g/mol. The fourth-order valence-electron chi connectivity index (χ4n) is 1.89. The van der Waals surface area contributed by atoms with Crippen molar-refractivity contribution in [3.63, 3.8) is 0 Å². The third-order valence-electron chi connectivity index (χ3n) is 3.27. The number of benzene rings is 2. The average molecular weight is 321 g/mol. The molecule has 2 aromatic carbocycles. The molecule has 0 aliphatic rings. The highest BCUT2D eigenvalue weighted by atomic mass is 35.5. The molecular formula is C17H17ClO4. The second-order valence-corrected chi connectivity index (χ2v) is 5.88. The number of hydrogen-bond donors (Lipinski definition) is 2. The van der Waals surface area contributed by atoms with E-state index in [4.69, 9.17) is 21.4 Å². The van der Waals surface area contributed by atoms with Crippen LogP contribution in [0.1, 0.15) is 31.1 Å². The smallest absolute Gasteiger partial charge is 0.347 e. The molecule has 0 saturated heterocycles. The molecule has 2 rings (SSSR count). The molecule has 22 heavy (non-hydrogen) atoms. The van der Waals surface area contributed by atoms with Crippen molar-refractivity contribution in [1.29, 1.82) is 0 Å². The number of carboxylic acids is 1. The molecule has 0 aliphatic carbocycles. The van der Waals surface area contributed by atoms with E-state index in [2.05, 4.69) is 0 Å². The van der Waals surface area contributed by atoms with Crippen LogP contribution in [0.5, 0.6) is 5.75 Å². The summed E-state index contributed by atoms with van der Waals surface area (Å²) in [4.78, 5) is 11.0. The maximum absolute atomic E-state index is 11.0. The van der Waals surface area contributed by atoms with Gasteiger partial charge in [0.15, 0.2) is 5.60 Å². The summed E-state index contributed by atoms with van der Waals surface area (Å²) >= 11 is 5.82. The van der Waals surface area contributed by atoms with Crippen LogP contribution in [-0.4, -0.2) is 21.8 Å². The summed E-state index contributed by atoms with van der Waals surface area (Å²) in [5.41, 5.74) is 0.0998. The highest BCUT2D eigenvalue weighted by molar-refractivity contribution is 6.30. The van der Waals surface area contributed by atoms with Crippen LogP contribution < -0.4 is 4.74 Å². The molecule has 4 nitrogen and oxygen atoms in total. The molecule has 2 aromatic rings. The zero-order valence-corrected chi connectivity index (χ0v) is 13.0. The minimum atomic E-state index is -1.31. The van der Waals surface area contributed by atoms with E-state index in [1.54, 1.807) is 48.5 Å². The van der Waals surface area contributed by atoms with Crippen LogP contribution in [0.25, 0.3) is 0 Å². The van der Waals surface area contributed by atoms with Crippen LogP contribution >= 0.6 is 11.6 Å². The number of carboxylic acid groups (broad SMARTS) is 1. The number of aliphatic hydroxyl groups excluding tert-OH is 1. The van der Waals surface area contributed by atoms with E-state index in [1.807, 2.05) is 0 Å². The molecule has 2 N–H and O–H groups in total. The molecule has 0 saturated carbocycles. The third kappa shape index (κ3) is 3.78. The first-order valence-corrected chi connectivity index (χ1v) is 7.13. The van der Waals surface area contributed by atoms with E-state index in [-0.39, 0.29) is 0 Å². The lowest BCUT2D eigenvalue weighted by atomic mass is 10.0. The van der Waals surface area contributed by atoms with Crippen molar-refractivity contribution >= 4 is 17.6 Å². The van der Waals surface area contributed by atoms with Crippen molar-refractivity contribution in [1.82, 2.24) is 0 Å². The predicted molar refractivity (Wildman–Crippen MR) is 84.3 cm³/mol. The molecule has 1 atom stereocenters. The largest absolute Gasteiger partial charge is 0.478 e. The number of rotatable bonds is 5. The second kappa shape index (κ2) is 6.38.